The Morgan fingerprint density at radius 1 is 1.07 bits per heavy atom. The van der Waals surface area contributed by atoms with Crippen molar-refractivity contribution < 1.29 is 14.3 Å². The van der Waals surface area contributed by atoms with E-state index in [1.165, 1.54) is 25.7 Å². The number of likely N-dealkylation sites (tertiary alicyclic amines) is 1. The first-order valence-corrected chi connectivity index (χ1v) is 11.0. The third kappa shape index (κ3) is 8.73. The van der Waals surface area contributed by atoms with Crippen molar-refractivity contribution in [2.75, 3.05) is 32.8 Å². The first-order valence-electron chi connectivity index (χ1n) is 11.0. The Hall–Kier alpha value is -0.940. The van der Waals surface area contributed by atoms with Crippen molar-refractivity contribution in [3.05, 3.63) is 0 Å². The standard InChI is InChI=1S/C20H36N2O3.C2H6/c1-16(2)21-19(24)18-4-7-20(8-5-18)9-11-22(12-10-20)13-15-25-14-6-17(3)23;1-2/h16,18H,4-15H2,1-3H3,(H,21,24);1-2H3. The van der Waals surface area contributed by atoms with Gasteiger partial charge < -0.3 is 15.0 Å². The summed E-state index contributed by atoms with van der Waals surface area (Å²) < 4.78 is 5.55. The van der Waals surface area contributed by atoms with Gasteiger partial charge in [-0.1, -0.05) is 13.8 Å². The summed E-state index contributed by atoms with van der Waals surface area (Å²) in [5, 5.41) is 3.07. The molecule has 1 saturated carbocycles. The SMILES string of the molecule is CC.CC(=O)CCOCCN1CCC2(CCC(C(=O)NC(C)C)CC2)CC1. The lowest BCUT2D eigenvalue weighted by molar-refractivity contribution is -0.127. The maximum absolute atomic E-state index is 12.2. The summed E-state index contributed by atoms with van der Waals surface area (Å²) in [6.45, 7) is 14.2. The highest BCUT2D eigenvalue weighted by atomic mass is 16.5. The number of Topliss-reactive ketones (excluding diaryl/α,β-unsaturated/α-hetero) is 1. The van der Waals surface area contributed by atoms with E-state index in [9.17, 15) is 9.59 Å². The number of carbonyl (C=O) groups excluding carboxylic acids is 2. The predicted octanol–water partition coefficient (Wildman–Crippen LogP) is 3.81. The summed E-state index contributed by atoms with van der Waals surface area (Å²) >= 11 is 0. The summed E-state index contributed by atoms with van der Waals surface area (Å²) in [5.74, 6) is 0.670. The third-order valence-electron chi connectivity index (χ3n) is 5.92. The third-order valence-corrected chi connectivity index (χ3v) is 5.92. The van der Waals surface area contributed by atoms with E-state index in [4.69, 9.17) is 4.74 Å². The van der Waals surface area contributed by atoms with Crippen LogP contribution in [0.3, 0.4) is 0 Å². The molecule has 1 aliphatic heterocycles. The lowest BCUT2D eigenvalue weighted by atomic mass is 9.65. The molecule has 0 unspecified atom stereocenters. The molecule has 0 aromatic rings. The average Bonchev–Trinajstić information content (AvgIpc) is 2.64. The van der Waals surface area contributed by atoms with Gasteiger partial charge in [0.15, 0.2) is 0 Å². The minimum absolute atomic E-state index is 0.192. The van der Waals surface area contributed by atoms with Crippen molar-refractivity contribution in [2.45, 2.75) is 85.6 Å². The lowest BCUT2D eigenvalue weighted by Gasteiger charge is -2.45. The second kappa shape index (κ2) is 12.5. The normalized spacial score (nSPS) is 20.2. The molecule has 0 atom stereocenters. The molecule has 0 aromatic carbocycles. The van der Waals surface area contributed by atoms with Crippen LogP contribution in [0.2, 0.25) is 0 Å². The second-order valence-corrected chi connectivity index (χ2v) is 8.34. The van der Waals surface area contributed by atoms with Gasteiger partial charge in [0.05, 0.1) is 13.2 Å². The van der Waals surface area contributed by atoms with Crippen LogP contribution in [0.1, 0.15) is 79.6 Å². The number of amides is 1. The molecule has 1 amide bonds. The molecule has 2 aliphatic rings. The minimum atomic E-state index is 0.192. The Labute approximate surface area is 166 Å². The Morgan fingerprint density at radius 2 is 1.67 bits per heavy atom. The molecular formula is C22H42N2O3. The van der Waals surface area contributed by atoms with Crippen LogP contribution >= 0.6 is 0 Å². The molecule has 1 aliphatic carbocycles. The summed E-state index contributed by atoms with van der Waals surface area (Å²) in [7, 11) is 0. The van der Waals surface area contributed by atoms with E-state index in [2.05, 4.69) is 10.2 Å². The first-order chi connectivity index (χ1) is 12.9. The van der Waals surface area contributed by atoms with Gasteiger partial charge in [-0.15, -0.1) is 0 Å². The molecule has 0 bridgehead atoms. The Balaban J connectivity index is 0.00000176. The van der Waals surface area contributed by atoms with Gasteiger partial charge in [-0.2, -0.15) is 0 Å². The quantitative estimate of drug-likeness (QED) is 0.649. The Morgan fingerprint density at radius 3 is 2.19 bits per heavy atom. The molecule has 5 nitrogen and oxygen atoms in total. The van der Waals surface area contributed by atoms with E-state index >= 15 is 0 Å². The largest absolute Gasteiger partial charge is 0.380 e. The molecule has 0 radical (unpaired) electrons. The zero-order chi connectivity index (χ0) is 20.3. The van der Waals surface area contributed by atoms with Crippen molar-refractivity contribution >= 4 is 11.7 Å². The van der Waals surface area contributed by atoms with Gasteiger partial charge in [-0.25, -0.2) is 0 Å². The van der Waals surface area contributed by atoms with Gasteiger partial charge in [-0.05, 0) is 77.8 Å². The van der Waals surface area contributed by atoms with Crippen LogP contribution in [0.5, 0.6) is 0 Å². The molecule has 2 rings (SSSR count). The number of nitrogens with one attached hydrogen (secondary N) is 1. The number of ether oxygens (including phenoxy) is 1. The zero-order valence-electron chi connectivity index (χ0n) is 18.3. The lowest BCUT2D eigenvalue weighted by Crippen LogP contribution is -2.45. The second-order valence-electron chi connectivity index (χ2n) is 8.34. The maximum Gasteiger partial charge on any atom is 0.223 e. The van der Waals surface area contributed by atoms with Gasteiger partial charge in [0.25, 0.3) is 0 Å². The highest BCUT2D eigenvalue weighted by molar-refractivity contribution is 5.79. The molecular weight excluding hydrogens is 340 g/mol. The van der Waals surface area contributed by atoms with Crippen LogP contribution in [0, 0.1) is 11.3 Å². The number of carbonyl (C=O) groups is 2. The smallest absolute Gasteiger partial charge is 0.223 e. The molecule has 1 spiro atoms. The van der Waals surface area contributed by atoms with Crippen molar-refractivity contribution in [1.29, 1.82) is 0 Å². The maximum atomic E-state index is 12.2. The van der Waals surface area contributed by atoms with E-state index in [1.54, 1.807) is 6.92 Å². The van der Waals surface area contributed by atoms with E-state index in [0.29, 0.717) is 18.4 Å². The van der Waals surface area contributed by atoms with Gasteiger partial charge in [0.2, 0.25) is 5.91 Å². The van der Waals surface area contributed by atoms with E-state index < -0.39 is 0 Å². The van der Waals surface area contributed by atoms with Crippen LogP contribution in [0.4, 0.5) is 0 Å². The van der Waals surface area contributed by atoms with Crippen molar-refractivity contribution in [1.82, 2.24) is 10.2 Å². The number of ketones is 1. The van der Waals surface area contributed by atoms with Crippen LogP contribution in [0.25, 0.3) is 0 Å². The molecule has 1 N–H and O–H groups in total. The fourth-order valence-electron chi connectivity index (χ4n) is 4.16. The molecule has 27 heavy (non-hydrogen) atoms. The van der Waals surface area contributed by atoms with Crippen LogP contribution in [0.15, 0.2) is 0 Å². The van der Waals surface area contributed by atoms with Crippen LogP contribution in [-0.2, 0) is 14.3 Å². The van der Waals surface area contributed by atoms with E-state index in [1.807, 2.05) is 27.7 Å². The Bertz CT molecular complexity index is 433. The van der Waals surface area contributed by atoms with E-state index in [0.717, 1.165) is 39.1 Å². The molecule has 1 saturated heterocycles. The predicted molar refractivity (Wildman–Crippen MR) is 111 cm³/mol. The van der Waals surface area contributed by atoms with Gasteiger partial charge in [-0.3, -0.25) is 9.59 Å². The number of nitrogens with zero attached hydrogens (tertiary/aromatic N) is 1. The van der Waals surface area contributed by atoms with Gasteiger partial charge in [0, 0.05) is 24.9 Å². The van der Waals surface area contributed by atoms with E-state index in [-0.39, 0.29) is 23.7 Å². The van der Waals surface area contributed by atoms with Gasteiger partial charge >= 0.3 is 0 Å². The molecule has 5 heteroatoms. The molecule has 2 fully saturated rings. The van der Waals surface area contributed by atoms with Crippen molar-refractivity contribution in [2.24, 2.45) is 11.3 Å². The topological polar surface area (TPSA) is 58.6 Å². The summed E-state index contributed by atoms with van der Waals surface area (Å²) in [5.41, 5.74) is 0.473. The first kappa shape index (κ1) is 24.1. The highest BCUT2D eigenvalue weighted by Crippen LogP contribution is 2.46. The fourth-order valence-corrected chi connectivity index (χ4v) is 4.16. The monoisotopic (exact) mass is 382 g/mol. The number of rotatable bonds is 8. The molecule has 0 aromatic heterocycles. The Kier molecular flexibility index (Phi) is 11.2. The summed E-state index contributed by atoms with van der Waals surface area (Å²) in [6, 6.07) is 0.240. The summed E-state index contributed by atoms with van der Waals surface area (Å²) in [4.78, 5) is 25.6. The van der Waals surface area contributed by atoms with Crippen LogP contribution in [-0.4, -0.2) is 55.5 Å². The zero-order valence-corrected chi connectivity index (χ0v) is 18.3. The average molecular weight is 383 g/mol. The number of hydrogen-bond donors (Lipinski definition) is 1. The van der Waals surface area contributed by atoms with Crippen LogP contribution < -0.4 is 5.32 Å². The molecule has 1 heterocycles. The molecule has 158 valence electrons. The number of piperidine rings is 1. The van der Waals surface area contributed by atoms with Gasteiger partial charge in [0.1, 0.15) is 5.78 Å². The fraction of sp³-hybridized carbons (Fsp3) is 0.909. The van der Waals surface area contributed by atoms with Crippen molar-refractivity contribution in [3.63, 3.8) is 0 Å². The van der Waals surface area contributed by atoms with Crippen molar-refractivity contribution in [3.8, 4) is 0 Å². The minimum Gasteiger partial charge on any atom is -0.380 e. The number of hydrogen-bond acceptors (Lipinski definition) is 4. The summed E-state index contributed by atoms with van der Waals surface area (Å²) in [6.07, 6.45) is 7.52. The highest BCUT2D eigenvalue weighted by Gasteiger charge is 2.39.